The first-order valence-corrected chi connectivity index (χ1v) is 9.62. The molecule has 1 aromatic carbocycles. The lowest BCUT2D eigenvalue weighted by Gasteiger charge is -2.55. The minimum atomic E-state index is -0.288. The van der Waals surface area contributed by atoms with Gasteiger partial charge in [0.15, 0.2) is 0 Å². The average molecular weight is 340 g/mol. The number of benzene rings is 1. The van der Waals surface area contributed by atoms with E-state index in [2.05, 4.69) is 47.8 Å². The number of aliphatic hydroxyl groups is 1. The van der Waals surface area contributed by atoms with Crippen LogP contribution in [0.15, 0.2) is 24.3 Å². The minimum absolute atomic E-state index is 0.272. The lowest BCUT2D eigenvalue weighted by atomic mass is 9.64. The van der Waals surface area contributed by atoms with Crippen molar-refractivity contribution < 1.29 is 9.84 Å². The lowest BCUT2D eigenvalue weighted by Crippen LogP contribution is -2.58. The summed E-state index contributed by atoms with van der Waals surface area (Å²) in [5.41, 5.74) is 4.39. The summed E-state index contributed by atoms with van der Waals surface area (Å²) < 4.78 is 8.36. The Morgan fingerprint density at radius 3 is 2.76 bits per heavy atom. The molecule has 2 saturated heterocycles. The molecule has 4 nitrogen and oxygen atoms in total. The fourth-order valence-corrected chi connectivity index (χ4v) is 6.04. The van der Waals surface area contributed by atoms with E-state index in [0.717, 1.165) is 19.4 Å². The van der Waals surface area contributed by atoms with Crippen molar-refractivity contribution in [1.82, 2.24) is 9.47 Å². The van der Waals surface area contributed by atoms with Gasteiger partial charge in [0.1, 0.15) is 0 Å². The molecule has 4 heterocycles. The van der Waals surface area contributed by atoms with E-state index in [1.165, 1.54) is 16.6 Å². The zero-order valence-electron chi connectivity index (χ0n) is 15.4. The first-order chi connectivity index (χ1) is 12.1. The number of ether oxygens (including phenoxy) is 1. The topological polar surface area (TPSA) is 37.6 Å². The normalized spacial score (nSPS) is 36.1. The molecule has 0 saturated carbocycles. The second-order valence-corrected chi connectivity index (χ2v) is 8.40. The molecule has 2 aromatic rings. The average Bonchev–Trinajstić information content (AvgIpc) is 2.88. The summed E-state index contributed by atoms with van der Waals surface area (Å²) in [5, 5.41) is 11.7. The summed E-state index contributed by atoms with van der Waals surface area (Å²) in [6.45, 7) is 3.49. The number of fused-ring (bicyclic) bond motifs is 8. The van der Waals surface area contributed by atoms with Crippen molar-refractivity contribution in [3.63, 3.8) is 0 Å². The van der Waals surface area contributed by atoms with Crippen molar-refractivity contribution >= 4 is 10.9 Å². The standard InChI is InChI=1S/C21H28N2O2/c1-12(24)16-10-25-11-17-14(16)8-20-21-15(9-19(17)22(20)2)13-6-4-5-7-18(13)23(21)3/h4-7,12,14,16-17,19-20,24H,8-11H2,1-3H3/t12-,14+,16-,17+,19-,20+/m0/s1. The van der Waals surface area contributed by atoms with E-state index in [9.17, 15) is 5.11 Å². The SMILES string of the molecule is C[C@H](O)[C@@H]1COC[C@@H]2[C@@H]1C[C@@H]1c3c(c4ccccc4n3C)C[C@@H]2N1C. The number of piperidine rings is 1. The Morgan fingerprint density at radius 2 is 1.96 bits per heavy atom. The maximum atomic E-state index is 10.3. The van der Waals surface area contributed by atoms with Gasteiger partial charge in [-0.3, -0.25) is 4.90 Å². The van der Waals surface area contributed by atoms with E-state index in [0.29, 0.717) is 30.5 Å². The number of aliphatic hydroxyl groups excluding tert-OH is 1. The molecule has 2 fully saturated rings. The third-order valence-electron chi connectivity index (χ3n) is 7.33. The Hall–Kier alpha value is -1.36. The highest BCUT2D eigenvalue weighted by atomic mass is 16.5. The monoisotopic (exact) mass is 340 g/mol. The summed E-state index contributed by atoms with van der Waals surface area (Å²) in [4.78, 5) is 2.59. The molecule has 1 N–H and O–H groups in total. The van der Waals surface area contributed by atoms with Crippen LogP contribution in [-0.2, 0) is 18.2 Å². The largest absolute Gasteiger partial charge is 0.393 e. The molecule has 3 aliphatic rings. The fourth-order valence-electron chi connectivity index (χ4n) is 6.04. The van der Waals surface area contributed by atoms with Crippen molar-refractivity contribution in [2.24, 2.45) is 24.8 Å². The maximum Gasteiger partial charge on any atom is 0.0565 e. The highest BCUT2D eigenvalue weighted by molar-refractivity contribution is 5.86. The smallest absolute Gasteiger partial charge is 0.0565 e. The molecule has 0 aliphatic carbocycles. The van der Waals surface area contributed by atoms with E-state index in [1.807, 2.05) is 6.92 Å². The predicted octanol–water partition coefficient (Wildman–Crippen LogP) is 2.74. The van der Waals surface area contributed by atoms with Crippen molar-refractivity contribution in [3.8, 4) is 0 Å². The van der Waals surface area contributed by atoms with Crippen molar-refractivity contribution in [2.45, 2.75) is 38.0 Å². The second kappa shape index (κ2) is 5.57. The molecule has 0 amide bonds. The van der Waals surface area contributed by atoms with Gasteiger partial charge in [0.05, 0.1) is 25.4 Å². The van der Waals surface area contributed by atoms with Crippen LogP contribution in [0.3, 0.4) is 0 Å². The Labute approximate surface area is 149 Å². The van der Waals surface area contributed by atoms with Crippen LogP contribution in [-0.4, -0.2) is 47.0 Å². The summed E-state index contributed by atoms with van der Waals surface area (Å²) in [6.07, 6.45) is 1.94. The van der Waals surface area contributed by atoms with Crippen LogP contribution in [0.25, 0.3) is 10.9 Å². The highest BCUT2D eigenvalue weighted by Gasteiger charge is 2.51. The van der Waals surface area contributed by atoms with Crippen LogP contribution >= 0.6 is 0 Å². The third kappa shape index (κ3) is 2.11. The first-order valence-electron chi connectivity index (χ1n) is 9.62. The summed E-state index contributed by atoms with van der Waals surface area (Å²) >= 11 is 0. The van der Waals surface area contributed by atoms with E-state index >= 15 is 0 Å². The number of nitrogens with zero attached hydrogens (tertiary/aromatic N) is 2. The Balaban J connectivity index is 1.65. The zero-order chi connectivity index (χ0) is 17.3. The molecule has 1 aromatic heterocycles. The molecular formula is C21H28N2O2. The molecule has 3 aliphatic heterocycles. The Bertz CT molecular complexity index is 812. The van der Waals surface area contributed by atoms with Gasteiger partial charge in [-0.1, -0.05) is 18.2 Å². The van der Waals surface area contributed by atoms with E-state index in [1.54, 1.807) is 5.56 Å². The number of para-hydroxylation sites is 1. The number of hydrogen-bond acceptors (Lipinski definition) is 3. The predicted molar refractivity (Wildman–Crippen MR) is 98.5 cm³/mol. The minimum Gasteiger partial charge on any atom is -0.393 e. The van der Waals surface area contributed by atoms with Crippen molar-refractivity contribution in [3.05, 3.63) is 35.5 Å². The number of rotatable bonds is 1. The van der Waals surface area contributed by atoms with Crippen LogP contribution in [0.4, 0.5) is 0 Å². The summed E-state index contributed by atoms with van der Waals surface area (Å²) in [5.74, 6) is 1.36. The molecule has 0 spiro atoms. The van der Waals surface area contributed by atoms with Gasteiger partial charge in [-0.05, 0) is 44.4 Å². The van der Waals surface area contributed by atoms with Gasteiger partial charge in [0.2, 0.25) is 0 Å². The lowest BCUT2D eigenvalue weighted by molar-refractivity contribution is -0.132. The first kappa shape index (κ1) is 15.9. The van der Waals surface area contributed by atoms with Crippen LogP contribution in [0.5, 0.6) is 0 Å². The molecule has 134 valence electrons. The maximum absolute atomic E-state index is 10.3. The molecule has 2 bridgehead atoms. The van der Waals surface area contributed by atoms with Gasteiger partial charge in [0.25, 0.3) is 0 Å². The molecule has 5 rings (SSSR count). The fraction of sp³-hybridized carbons (Fsp3) is 0.619. The summed E-state index contributed by atoms with van der Waals surface area (Å²) in [6, 6.07) is 9.79. The van der Waals surface area contributed by atoms with Gasteiger partial charge in [-0.2, -0.15) is 0 Å². The van der Waals surface area contributed by atoms with Gasteiger partial charge in [-0.25, -0.2) is 0 Å². The molecule has 6 atom stereocenters. The molecule has 25 heavy (non-hydrogen) atoms. The van der Waals surface area contributed by atoms with E-state index in [-0.39, 0.29) is 12.0 Å². The van der Waals surface area contributed by atoms with Gasteiger partial charge in [-0.15, -0.1) is 0 Å². The quantitative estimate of drug-likeness (QED) is 0.867. The third-order valence-corrected chi connectivity index (χ3v) is 7.33. The zero-order valence-corrected chi connectivity index (χ0v) is 15.4. The molecule has 4 heteroatoms. The number of aromatic nitrogens is 1. The van der Waals surface area contributed by atoms with E-state index in [4.69, 9.17) is 4.74 Å². The van der Waals surface area contributed by atoms with Gasteiger partial charge >= 0.3 is 0 Å². The second-order valence-electron chi connectivity index (χ2n) is 8.40. The van der Waals surface area contributed by atoms with Crippen molar-refractivity contribution in [1.29, 1.82) is 0 Å². The van der Waals surface area contributed by atoms with Crippen LogP contribution in [0.2, 0.25) is 0 Å². The van der Waals surface area contributed by atoms with Crippen LogP contribution in [0, 0.1) is 17.8 Å². The molecule has 0 unspecified atom stereocenters. The molecular weight excluding hydrogens is 312 g/mol. The van der Waals surface area contributed by atoms with Crippen molar-refractivity contribution in [2.75, 3.05) is 20.3 Å². The van der Waals surface area contributed by atoms with Gasteiger partial charge in [0, 0.05) is 41.5 Å². The van der Waals surface area contributed by atoms with Crippen LogP contribution < -0.4 is 0 Å². The summed E-state index contributed by atoms with van der Waals surface area (Å²) in [7, 11) is 4.51. The van der Waals surface area contributed by atoms with Crippen LogP contribution in [0.1, 0.15) is 30.6 Å². The number of likely N-dealkylation sites (N-methyl/N-ethyl adjacent to an activating group) is 1. The Kier molecular flexibility index (Phi) is 3.53. The number of aryl methyl sites for hydroxylation is 1. The van der Waals surface area contributed by atoms with Gasteiger partial charge < -0.3 is 14.4 Å². The van der Waals surface area contributed by atoms with E-state index < -0.39 is 0 Å². The highest BCUT2D eigenvalue weighted by Crippen LogP contribution is 2.51. The molecule has 0 radical (unpaired) electrons. The number of hydrogen-bond donors (Lipinski definition) is 1. The Morgan fingerprint density at radius 1 is 1.16 bits per heavy atom.